The van der Waals surface area contributed by atoms with Gasteiger partial charge < -0.3 is 10.3 Å². The Morgan fingerprint density at radius 3 is 3.09 bits per heavy atom. The Labute approximate surface area is 71.0 Å². The second-order valence-electron chi connectivity index (χ2n) is 2.17. The van der Waals surface area contributed by atoms with Gasteiger partial charge in [0.2, 0.25) is 0 Å². The first-order valence-electron chi connectivity index (χ1n) is 3.65. The van der Waals surface area contributed by atoms with Gasteiger partial charge in [-0.05, 0) is 12.8 Å². The van der Waals surface area contributed by atoms with Crippen LogP contribution >= 0.6 is 11.8 Å². The zero-order valence-corrected chi connectivity index (χ0v) is 7.66. The maximum atomic E-state index is 4.31. The Morgan fingerprint density at radius 2 is 2.55 bits per heavy atom. The molecule has 0 bridgehead atoms. The van der Waals surface area contributed by atoms with Gasteiger partial charge in [-0.25, -0.2) is 4.98 Å². The summed E-state index contributed by atoms with van der Waals surface area (Å²) in [6.45, 7) is 3.89. The molecule has 0 unspecified atom stereocenters. The molecule has 0 amide bonds. The third kappa shape index (κ3) is 2.55. The maximum Gasteiger partial charge on any atom is 0.121 e. The maximum absolute atomic E-state index is 4.31. The van der Waals surface area contributed by atoms with Crippen LogP contribution in [0.25, 0.3) is 0 Å². The quantitative estimate of drug-likeness (QED) is 0.670. The third-order valence-electron chi connectivity index (χ3n) is 1.36. The lowest BCUT2D eigenvalue weighted by atomic mass is 10.6. The zero-order valence-electron chi connectivity index (χ0n) is 6.85. The normalized spacial score (nSPS) is 10.4. The number of aromatic amines is 1. The molecule has 1 rings (SSSR count). The molecule has 62 valence electrons. The number of nitrogens with one attached hydrogen (secondary N) is 2. The van der Waals surface area contributed by atoms with Crippen molar-refractivity contribution in [3.05, 3.63) is 12.0 Å². The van der Waals surface area contributed by atoms with E-state index in [0.717, 1.165) is 23.9 Å². The van der Waals surface area contributed by atoms with Crippen LogP contribution < -0.4 is 5.32 Å². The summed E-state index contributed by atoms with van der Waals surface area (Å²) < 4.78 is 0. The van der Waals surface area contributed by atoms with Crippen molar-refractivity contribution in [3.8, 4) is 0 Å². The van der Waals surface area contributed by atoms with E-state index in [2.05, 4.69) is 22.2 Å². The summed E-state index contributed by atoms with van der Waals surface area (Å²) in [7, 11) is 0. The molecule has 0 radical (unpaired) electrons. The molecule has 1 aromatic rings. The number of rotatable bonds is 4. The lowest BCUT2D eigenvalue weighted by Crippen LogP contribution is -2.12. The average molecular weight is 171 g/mol. The SMILES string of the molecule is CCNCc1nc(SC)c[nH]1. The molecule has 4 heteroatoms. The second-order valence-corrected chi connectivity index (χ2v) is 3.00. The van der Waals surface area contributed by atoms with Gasteiger partial charge in [0.05, 0.1) is 6.54 Å². The van der Waals surface area contributed by atoms with Gasteiger partial charge in [0.25, 0.3) is 0 Å². The summed E-state index contributed by atoms with van der Waals surface area (Å²) in [5.74, 6) is 1.01. The van der Waals surface area contributed by atoms with Crippen molar-refractivity contribution < 1.29 is 0 Å². The van der Waals surface area contributed by atoms with E-state index in [1.165, 1.54) is 0 Å². The van der Waals surface area contributed by atoms with E-state index in [9.17, 15) is 0 Å². The molecule has 0 aromatic carbocycles. The molecule has 1 aromatic heterocycles. The molecule has 11 heavy (non-hydrogen) atoms. The standard InChI is InChI=1S/C7H13N3S/c1-3-8-4-6-9-5-7(10-6)11-2/h5,8H,3-4H2,1-2H3,(H,9,10). The molecule has 0 aliphatic heterocycles. The molecule has 0 aliphatic rings. The van der Waals surface area contributed by atoms with E-state index >= 15 is 0 Å². The highest BCUT2D eigenvalue weighted by atomic mass is 32.2. The molecule has 0 fully saturated rings. The largest absolute Gasteiger partial charge is 0.346 e. The Hall–Kier alpha value is -0.480. The van der Waals surface area contributed by atoms with Crippen molar-refractivity contribution in [1.29, 1.82) is 0 Å². The van der Waals surface area contributed by atoms with Crippen molar-refractivity contribution in [2.45, 2.75) is 18.5 Å². The van der Waals surface area contributed by atoms with Gasteiger partial charge in [0, 0.05) is 6.20 Å². The van der Waals surface area contributed by atoms with E-state index in [4.69, 9.17) is 0 Å². The van der Waals surface area contributed by atoms with E-state index in [-0.39, 0.29) is 0 Å². The Bertz CT molecular complexity index is 209. The Morgan fingerprint density at radius 1 is 1.73 bits per heavy atom. The number of hydrogen-bond donors (Lipinski definition) is 2. The number of hydrogen-bond acceptors (Lipinski definition) is 3. The molecular weight excluding hydrogens is 158 g/mol. The van der Waals surface area contributed by atoms with Crippen LogP contribution in [0.1, 0.15) is 12.7 Å². The molecule has 3 nitrogen and oxygen atoms in total. The monoisotopic (exact) mass is 171 g/mol. The summed E-state index contributed by atoms with van der Waals surface area (Å²) in [5, 5.41) is 4.25. The summed E-state index contributed by atoms with van der Waals surface area (Å²) in [4.78, 5) is 7.41. The lowest BCUT2D eigenvalue weighted by molar-refractivity contribution is 0.695. The molecule has 0 saturated carbocycles. The van der Waals surface area contributed by atoms with Gasteiger partial charge in [-0.1, -0.05) is 6.92 Å². The summed E-state index contributed by atoms with van der Waals surface area (Å²) in [6, 6.07) is 0. The van der Waals surface area contributed by atoms with Gasteiger partial charge >= 0.3 is 0 Å². The molecular formula is C7H13N3S. The van der Waals surface area contributed by atoms with Crippen molar-refractivity contribution in [3.63, 3.8) is 0 Å². The number of H-pyrrole nitrogens is 1. The van der Waals surface area contributed by atoms with Crippen molar-refractivity contribution in [2.75, 3.05) is 12.8 Å². The molecule has 2 N–H and O–H groups in total. The lowest BCUT2D eigenvalue weighted by Gasteiger charge is -1.94. The van der Waals surface area contributed by atoms with Gasteiger partial charge in [0.15, 0.2) is 0 Å². The highest BCUT2D eigenvalue weighted by Gasteiger charge is 1.97. The van der Waals surface area contributed by atoms with E-state index in [1.54, 1.807) is 11.8 Å². The first-order valence-corrected chi connectivity index (χ1v) is 4.88. The number of nitrogens with zero attached hydrogens (tertiary/aromatic N) is 1. The number of thioether (sulfide) groups is 1. The minimum absolute atomic E-state index is 0.830. The van der Waals surface area contributed by atoms with Gasteiger partial charge in [-0.2, -0.15) is 0 Å². The van der Waals surface area contributed by atoms with Gasteiger partial charge in [0.1, 0.15) is 10.9 Å². The first kappa shape index (κ1) is 8.62. The molecule has 0 spiro atoms. The average Bonchev–Trinajstić information content (AvgIpc) is 2.48. The van der Waals surface area contributed by atoms with Crippen LogP contribution in [0.4, 0.5) is 0 Å². The van der Waals surface area contributed by atoms with E-state index < -0.39 is 0 Å². The van der Waals surface area contributed by atoms with Crippen LogP contribution in [0, 0.1) is 0 Å². The zero-order chi connectivity index (χ0) is 8.10. The highest BCUT2D eigenvalue weighted by Crippen LogP contribution is 2.09. The minimum Gasteiger partial charge on any atom is -0.346 e. The number of imidazole rings is 1. The minimum atomic E-state index is 0.830. The fraction of sp³-hybridized carbons (Fsp3) is 0.571. The summed E-state index contributed by atoms with van der Waals surface area (Å²) in [6.07, 6.45) is 3.95. The van der Waals surface area contributed by atoms with Crippen LogP contribution in [0.15, 0.2) is 11.2 Å². The number of aromatic nitrogens is 2. The van der Waals surface area contributed by atoms with Gasteiger partial charge in [-0.3, -0.25) is 0 Å². The summed E-state index contributed by atoms with van der Waals surface area (Å²) in [5.41, 5.74) is 0. The van der Waals surface area contributed by atoms with Crippen LogP contribution in [0.2, 0.25) is 0 Å². The molecule has 0 saturated heterocycles. The smallest absolute Gasteiger partial charge is 0.121 e. The van der Waals surface area contributed by atoms with Crippen LogP contribution in [-0.2, 0) is 6.54 Å². The predicted molar refractivity (Wildman–Crippen MR) is 47.7 cm³/mol. The Kier molecular flexibility index (Phi) is 3.45. The predicted octanol–water partition coefficient (Wildman–Crippen LogP) is 1.24. The topological polar surface area (TPSA) is 40.7 Å². The third-order valence-corrected chi connectivity index (χ3v) is 1.99. The fourth-order valence-electron chi connectivity index (χ4n) is 0.781. The van der Waals surface area contributed by atoms with Crippen molar-refractivity contribution in [2.24, 2.45) is 0 Å². The van der Waals surface area contributed by atoms with Crippen LogP contribution in [-0.4, -0.2) is 22.8 Å². The van der Waals surface area contributed by atoms with Gasteiger partial charge in [-0.15, -0.1) is 11.8 Å². The van der Waals surface area contributed by atoms with E-state index in [1.807, 2.05) is 12.5 Å². The Balaban J connectivity index is 2.44. The highest BCUT2D eigenvalue weighted by molar-refractivity contribution is 7.98. The van der Waals surface area contributed by atoms with Crippen molar-refractivity contribution >= 4 is 11.8 Å². The molecule has 1 heterocycles. The summed E-state index contributed by atoms with van der Waals surface area (Å²) >= 11 is 1.65. The second kappa shape index (κ2) is 4.41. The molecule has 0 aliphatic carbocycles. The van der Waals surface area contributed by atoms with Crippen molar-refractivity contribution in [1.82, 2.24) is 15.3 Å². The molecule has 0 atom stereocenters. The van der Waals surface area contributed by atoms with Crippen LogP contribution in [0.5, 0.6) is 0 Å². The van der Waals surface area contributed by atoms with Crippen LogP contribution in [0.3, 0.4) is 0 Å². The first-order chi connectivity index (χ1) is 5.36. The van der Waals surface area contributed by atoms with E-state index in [0.29, 0.717) is 0 Å². The fourth-order valence-corrected chi connectivity index (χ4v) is 1.16.